The Morgan fingerprint density at radius 3 is 2.60 bits per heavy atom. The molecule has 1 aromatic carbocycles. The van der Waals surface area contributed by atoms with Gasteiger partial charge in [0.1, 0.15) is 5.76 Å². The molecule has 1 saturated heterocycles. The second-order valence-corrected chi connectivity index (χ2v) is 7.40. The zero-order chi connectivity index (χ0) is 20.2. The third kappa shape index (κ3) is 8.28. The van der Waals surface area contributed by atoms with E-state index in [0.29, 0.717) is 6.61 Å². The Kier molecular flexibility index (Phi) is 11.9. The van der Waals surface area contributed by atoms with Crippen molar-refractivity contribution in [3.63, 3.8) is 0 Å². The number of ether oxygens (including phenoxy) is 1. The maximum Gasteiger partial charge on any atom is 0.191 e. The fourth-order valence-corrected chi connectivity index (χ4v) is 3.66. The fraction of sp³-hybridized carbons (Fsp3) is 0.522. The van der Waals surface area contributed by atoms with Crippen LogP contribution < -0.4 is 10.6 Å². The molecule has 1 aromatic heterocycles. The van der Waals surface area contributed by atoms with E-state index in [1.54, 1.807) is 6.26 Å². The van der Waals surface area contributed by atoms with Gasteiger partial charge in [-0.15, -0.1) is 24.0 Å². The molecule has 0 aliphatic carbocycles. The lowest BCUT2D eigenvalue weighted by molar-refractivity contribution is 0.117. The highest BCUT2D eigenvalue weighted by atomic mass is 127. The number of likely N-dealkylation sites (tertiary alicyclic amines) is 1. The van der Waals surface area contributed by atoms with E-state index in [1.807, 2.05) is 31.3 Å². The van der Waals surface area contributed by atoms with Gasteiger partial charge in [-0.05, 0) is 56.5 Å². The summed E-state index contributed by atoms with van der Waals surface area (Å²) < 4.78 is 11.4. The Hall–Kier alpha value is -1.58. The molecule has 1 atom stereocenters. The molecule has 0 bridgehead atoms. The first kappa shape index (κ1) is 24.7. The smallest absolute Gasteiger partial charge is 0.191 e. The molecule has 0 amide bonds. The molecule has 7 heteroatoms. The molecular weight excluding hydrogens is 491 g/mol. The number of furan rings is 1. The minimum atomic E-state index is 0. The summed E-state index contributed by atoms with van der Waals surface area (Å²) in [4.78, 5) is 6.84. The molecule has 0 saturated carbocycles. The van der Waals surface area contributed by atoms with E-state index in [2.05, 4.69) is 38.7 Å². The maximum absolute atomic E-state index is 5.74. The van der Waals surface area contributed by atoms with Crippen molar-refractivity contribution in [1.29, 1.82) is 0 Å². The van der Waals surface area contributed by atoms with Crippen molar-refractivity contribution in [2.24, 2.45) is 4.99 Å². The van der Waals surface area contributed by atoms with Gasteiger partial charge in [0.25, 0.3) is 0 Å². The highest BCUT2D eigenvalue weighted by Gasteiger charge is 2.25. The Morgan fingerprint density at radius 2 is 1.90 bits per heavy atom. The minimum absolute atomic E-state index is 0. The summed E-state index contributed by atoms with van der Waals surface area (Å²) in [5, 5.41) is 6.87. The lowest BCUT2D eigenvalue weighted by atomic mass is 10.2. The predicted octanol–water partition coefficient (Wildman–Crippen LogP) is 4.20. The quantitative estimate of drug-likeness (QED) is 0.199. The van der Waals surface area contributed by atoms with E-state index < -0.39 is 0 Å². The van der Waals surface area contributed by atoms with Gasteiger partial charge in [0.15, 0.2) is 5.96 Å². The SMILES string of the molecule is CN=C(NCCCCOCc1ccccc1)NCC(c1ccco1)N1CCCC1.I. The van der Waals surface area contributed by atoms with Crippen molar-refractivity contribution in [2.75, 3.05) is 39.8 Å². The van der Waals surface area contributed by atoms with Gasteiger partial charge in [-0.1, -0.05) is 30.3 Å². The molecule has 0 spiro atoms. The van der Waals surface area contributed by atoms with Gasteiger partial charge in [-0.25, -0.2) is 0 Å². The number of halogens is 1. The molecule has 1 aliphatic rings. The first-order chi connectivity index (χ1) is 14.4. The van der Waals surface area contributed by atoms with Gasteiger partial charge < -0.3 is 19.8 Å². The summed E-state index contributed by atoms with van der Waals surface area (Å²) in [5.74, 6) is 1.86. The second-order valence-electron chi connectivity index (χ2n) is 7.40. The topological polar surface area (TPSA) is 62.0 Å². The van der Waals surface area contributed by atoms with Crippen LogP contribution in [0, 0.1) is 0 Å². The van der Waals surface area contributed by atoms with Gasteiger partial charge in [0, 0.05) is 26.7 Å². The Balaban J connectivity index is 0.00000320. The van der Waals surface area contributed by atoms with E-state index in [9.17, 15) is 0 Å². The number of hydrogen-bond donors (Lipinski definition) is 2. The van der Waals surface area contributed by atoms with Crippen molar-refractivity contribution in [3.8, 4) is 0 Å². The number of nitrogens with one attached hydrogen (secondary N) is 2. The van der Waals surface area contributed by atoms with E-state index >= 15 is 0 Å². The van der Waals surface area contributed by atoms with Crippen LogP contribution in [-0.2, 0) is 11.3 Å². The summed E-state index contributed by atoms with van der Waals surface area (Å²) in [6.07, 6.45) is 6.35. The predicted molar refractivity (Wildman–Crippen MR) is 132 cm³/mol. The molecule has 6 nitrogen and oxygen atoms in total. The maximum atomic E-state index is 5.74. The second kappa shape index (κ2) is 14.4. The standard InChI is InChI=1S/C23H34N4O2.HI/c1-24-23(25-13-5-8-16-28-19-20-10-3-2-4-11-20)26-18-21(22-12-9-17-29-22)27-14-6-7-15-27;/h2-4,9-12,17,21H,5-8,13-16,18-19H2,1H3,(H2,24,25,26);1H. The number of rotatable bonds is 11. The summed E-state index contributed by atoms with van der Waals surface area (Å²) in [6, 6.07) is 14.6. The number of hydrogen-bond acceptors (Lipinski definition) is 4. The molecule has 166 valence electrons. The Morgan fingerprint density at radius 1 is 1.10 bits per heavy atom. The molecule has 30 heavy (non-hydrogen) atoms. The molecule has 1 unspecified atom stereocenters. The third-order valence-electron chi connectivity index (χ3n) is 5.26. The summed E-state index contributed by atoms with van der Waals surface area (Å²) >= 11 is 0. The van der Waals surface area contributed by atoms with Gasteiger partial charge in [-0.2, -0.15) is 0 Å². The molecule has 0 radical (unpaired) electrons. The number of guanidine groups is 1. The van der Waals surface area contributed by atoms with Crippen molar-refractivity contribution >= 4 is 29.9 Å². The first-order valence-electron chi connectivity index (χ1n) is 10.7. The lowest BCUT2D eigenvalue weighted by Crippen LogP contribution is -2.42. The normalized spacial score (nSPS) is 15.6. The van der Waals surface area contributed by atoms with Crippen molar-refractivity contribution in [2.45, 2.75) is 38.3 Å². The van der Waals surface area contributed by atoms with Crippen LogP contribution in [0.25, 0.3) is 0 Å². The van der Waals surface area contributed by atoms with Gasteiger partial charge in [-0.3, -0.25) is 9.89 Å². The van der Waals surface area contributed by atoms with Crippen molar-refractivity contribution < 1.29 is 9.15 Å². The fourth-order valence-electron chi connectivity index (χ4n) is 3.66. The minimum Gasteiger partial charge on any atom is -0.468 e. The summed E-state index contributed by atoms with van der Waals surface area (Å²) in [7, 11) is 1.82. The largest absolute Gasteiger partial charge is 0.468 e. The number of benzene rings is 1. The third-order valence-corrected chi connectivity index (χ3v) is 5.26. The molecule has 3 rings (SSSR count). The van der Waals surface area contributed by atoms with Gasteiger partial charge in [0.2, 0.25) is 0 Å². The molecular formula is C23H35IN4O2. The highest BCUT2D eigenvalue weighted by molar-refractivity contribution is 14.0. The van der Waals surface area contributed by atoms with Crippen molar-refractivity contribution in [3.05, 3.63) is 60.1 Å². The van der Waals surface area contributed by atoms with Crippen LogP contribution in [-0.4, -0.2) is 50.7 Å². The van der Waals surface area contributed by atoms with E-state index in [-0.39, 0.29) is 30.0 Å². The number of nitrogens with zero attached hydrogens (tertiary/aromatic N) is 2. The van der Waals surface area contributed by atoms with Crippen LogP contribution in [0.5, 0.6) is 0 Å². The number of aliphatic imine (C=N–C) groups is 1. The summed E-state index contributed by atoms with van der Waals surface area (Å²) in [6.45, 7) is 5.38. The Bertz CT molecular complexity index is 703. The Labute approximate surface area is 197 Å². The average Bonchev–Trinajstić information content (AvgIpc) is 3.47. The molecule has 1 fully saturated rings. The van der Waals surface area contributed by atoms with E-state index in [0.717, 1.165) is 57.3 Å². The van der Waals surface area contributed by atoms with Gasteiger partial charge >= 0.3 is 0 Å². The number of unbranched alkanes of at least 4 members (excludes halogenated alkanes) is 1. The monoisotopic (exact) mass is 526 g/mol. The van der Waals surface area contributed by atoms with E-state index in [4.69, 9.17) is 9.15 Å². The molecule has 2 aromatic rings. The first-order valence-corrected chi connectivity index (χ1v) is 10.7. The summed E-state index contributed by atoms with van der Waals surface area (Å²) in [5.41, 5.74) is 1.22. The van der Waals surface area contributed by atoms with Crippen LogP contribution in [0.4, 0.5) is 0 Å². The van der Waals surface area contributed by atoms with Crippen LogP contribution >= 0.6 is 24.0 Å². The van der Waals surface area contributed by atoms with Crippen LogP contribution in [0.1, 0.15) is 43.0 Å². The van der Waals surface area contributed by atoms with Crippen LogP contribution in [0.2, 0.25) is 0 Å². The van der Waals surface area contributed by atoms with E-state index in [1.165, 1.54) is 18.4 Å². The van der Waals surface area contributed by atoms with Gasteiger partial charge in [0.05, 0.1) is 18.9 Å². The van der Waals surface area contributed by atoms with Crippen LogP contribution in [0.15, 0.2) is 58.1 Å². The highest BCUT2D eigenvalue weighted by Crippen LogP contribution is 2.24. The van der Waals surface area contributed by atoms with Crippen LogP contribution in [0.3, 0.4) is 0 Å². The molecule has 2 N–H and O–H groups in total. The zero-order valence-electron chi connectivity index (χ0n) is 17.9. The molecule has 2 heterocycles. The molecule has 1 aliphatic heterocycles. The van der Waals surface area contributed by atoms with Crippen molar-refractivity contribution in [1.82, 2.24) is 15.5 Å². The lowest BCUT2D eigenvalue weighted by Gasteiger charge is -2.26. The zero-order valence-corrected chi connectivity index (χ0v) is 20.2. The average molecular weight is 526 g/mol.